The van der Waals surface area contributed by atoms with Crippen molar-refractivity contribution in [2.75, 3.05) is 13.7 Å². The number of amides is 4. The highest BCUT2D eigenvalue weighted by Gasteiger charge is 2.62. The number of nitrogens with two attached hydrogens (primary N) is 1. The van der Waals surface area contributed by atoms with Crippen LogP contribution in [0.5, 0.6) is 0 Å². The molecule has 46 heavy (non-hydrogen) atoms. The van der Waals surface area contributed by atoms with E-state index in [0.717, 1.165) is 17.7 Å². The molecule has 4 N–H and O–H groups in total. The molecule has 0 saturated carbocycles. The lowest BCUT2D eigenvalue weighted by molar-refractivity contribution is -0.153. The van der Waals surface area contributed by atoms with Crippen molar-refractivity contribution in [1.82, 2.24) is 20.4 Å². The number of benzene rings is 2. The van der Waals surface area contributed by atoms with Crippen LogP contribution in [-0.4, -0.2) is 97.5 Å². The Morgan fingerprint density at radius 2 is 1.54 bits per heavy atom. The summed E-state index contributed by atoms with van der Waals surface area (Å²) in [6, 6.07) is 16.5. The molecule has 0 radical (unpaired) electrons. The van der Waals surface area contributed by atoms with Crippen LogP contribution in [0, 0.1) is 0 Å². The van der Waals surface area contributed by atoms with E-state index in [0.29, 0.717) is 12.8 Å². The Bertz CT molecular complexity index is 1490. The number of methoxy groups -OCH3 is 1. The first-order valence-electron chi connectivity index (χ1n) is 15.2. The lowest BCUT2D eigenvalue weighted by Gasteiger charge is -2.42. The van der Waals surface area contributed by atoms with Crippen LogP contribution in [0.4, 0.5) is 0 Å². The number of thioether (sulfide) groups is 2. The number of hydrogen-bond acceptors (Lipinski definition) is 9. The third-order valence-electron chi connectivity index (χ3n) is 8.47. The van der Waals surface area contributed by atoms with E-state index in [1.165, 1.54) is 23.8 Å². The molecule has 4 amide bonds. The van der Waals surface area contributed by atoms with Crippen molar-refractivity contribution in [2.45, 2.75) is 84.9 Å². The fourth-order valence-corrected chi connectivity index (χ4v) is 9.31. The predicted octanol–water partition coefficient (Wildman–Crippen LogP) is 1.68. The maximum absolute atomic E-state index is 13.0. The van der Waals surface area contributed by atoms with Gasteiger partial charge in [-0.25, -0.2) is 4.79 Å². The highest BCUT2D eigenvalue weighted by atomic mass is 32.2. The van der Waals surface area contributed by atoms with Gasteiger partial charge in [0.15, 0.2) is 0 Å². The Labute approximate surface area is 277 Å². The Morgan fingerprint density at radius 1 is 0.935 bits per heavy atom. The topological polar surface area (TPSA) is 151 Å². The van der Waals surface area contributed by atoms with Crippen molar-refractivity contribution < 1.29 is 28.7 Å². The second-order valence-corrected chi connectivity index (χ2v) is 16.6. The highest BCUT2D eigenvalue weighted by Crippen LogP contribution is 2.50. The van der Waals surface area contributed by atoms with Crippen molar-refractivity contribution in [3.63, 3.8) is 0 Å². The Hall–Kier alpha value is -3.55. The van der Waals surface area contributed by atoms with Crippen molar-refractivity contribution in [1.29, 1.82) is 0 Å². The van der Waals surface area contributed by atoms with Crippen LogP contribution in [0.25, 0.3) is 0 Å². The molecule has 0 aromatic heterocycles. The van der Waals surface area contributed by atoms with Crippen LogP contribution in [-0.2, 0) is 41.6 Å². The SMILES string of the molecule is CC1(C)CN2C(=O)[C@@H](NC(=O)Cc3ccccc3)[C@H]2S1.COC(=O)C(Cc1ccccc1)NC(=O)C1N2C(=O)C(N)C2SC1(C)C. The number of fused-ring (bicyclic) bond motifs is 2. The van der Waals surface area contributed by atoms with Crippen molar-refractivity contribution in [3.8, 4) is 0 Å². The normalized spacial score (nSPS) is 27.1. The van der Waals surface area contributed by atoms with Gasteiger partial charge in [0.2, 0.25) is 23.6 Å². The van der Waals surface area contributed by atoms with E-state index in [1.54, 1.807) is 11.8 Å². The van der Waals surface area contributed by atoms with Gasteiger partial charge in [-0.05, 0) is 38.8 Å². The fourth-order valence-electron chi connectivity index (χ4n) is 6.24. The van der Waals surface area contributed by atoms with E-state index in [2.05, 4.69) is 24.5 Å². The molecular formula is C33H41N5O6S2. The molecule has 6 rings (SSSR count). The molecule has 4 aliphatic heterocycles. The van der Waals surface area contributed by atoms with E-state index >= 15 is 0 Å². The number of nitrogens with zero attached hydrogens (tertiary/aromatic N) is 2. The first-order chi connectivity index (χ1) is 21.7. The van der Waals surface area contributed by atoms with E-state index in [-0.39, 0.29) is 45.2 Å². The molecule has 246 valence electrons. The van der Waals surface area contributed by atoms with Gasteiger partial charge in [-0.1, -0.05) is 60.7 Å². The van der Waals surface area contributed by atoms with Crippen LogP contribution < -0.4 is 16.4 Å². The second-order valence-electron chi connectivity index (χ2n) is 13.0. The molecule has 4 fully saturated rings. The van der Waals surface area contributed by atoms with Gasteiger partial charge in [0.25, 0.3) is 0 Å². The molecule has 4 unspecified atom stereocenters. The first-order valence-corrected chi connectivity index (χ1v) is 17.0. The third-order valence-corrected chi connectivity index (χ3v) is 11.6. The molecule has 4 aliphatic rings. The largest absolute Gasteiger partial charge is 0.467 e. The van der Waals surface area contributed by atoms with Gasteiger partial charge in [-0.15, -0.1) is 23.5 Å². The van der Waals surface area contributed by atoms with Crippen LogP contribution in [0.3, 0.4) is 0 Å². The molecule has 4 heterocycles. The first kappa shape index (κ1) is 33.8. The monoisotopic (exact) mass is 667 g/mol. The summed E-state index contributed by atoms with van der Waals surface area (Å²) in [5.41, 5.74) is 7.72. The summed E-state index contributed by atoms with van der Waals surface area (Å²) in [6.07, 6.45) is 0.641. The lowest BCUT2D eigenvalue weighted by Crippen LogP contribution is -2.70. The van der Waals surface area contributed by atoms with Gasteiger partial charge in [0, 0.05) is 22.5 Å². The van der Waals surface area contributed by atoms with Gasteiger partial charge < -0.3 is 30.9 Å². The van der Waals surface area contributed by atoms with E-state index in [1.807, 2.05) is 79.4 Å². The van der Waals surface area contributed by atoms with Gasteiger partial charge in [-0.2, -0.15) is 0 Å². The number of esters is 1. The zero-order chi connectivity index (χ0) is 33.4. The Balaban J connectivity index is 0.000000187. The molecule has 2 aromatic carbocycles. The van der Waals surface area contributed by atoms with Crippen LogP contribution in [0.1, 0.15) is 38.8 Å². The zero-order valence-electron chi connectivity index (χ0n) is 26.6. The molecule has 13 heteroatoms. The summed E-state index contributed by atoms with van der Waals surface area (Å²) in [6.45, 7) is 8.85. The quantitative estimate of drug-likeness (QED) is 0.282. The third kappa shape index (κ3) is 6.91. The van der Waals surface area contributed by atoms with Crippen LogP contribution in [0.2, 0.25) is 0 Å². The maximum atomic E-state index is 13.0. The smallest absolute Gasteiger partial charge is 0.328 e. The molecule has 0 spiro atoms. The summed E-state index contributed by atoms with van der Waals surface area (Å²) in [7, 11) is 1.29. The minimum Gasteiger partial charge on any atom is -0.467 e. The van der Waals surface area contributed by atoms with Gasteiger partial charge in [0.05, 0.1) is 13.5 Å². The summed E-state index contributed by atoms with van der Waals surface area (Å²) in [5.74, 6) is -1.15. The van der Waals surface area contributed by atoms with Gasteiger partial charge >= 0.3 is 5.97 Å². The minimum atomic E-state index is -0.820. The standard InChI is InChI=1S/C18H23N3O4S.C15H18N2O2S/c1-18(2)13(21-15(23)12(19)16(21)26-18)14(22)20-11(17(24)25-3)9-10-7-5-4-6-8-10;1-15(2)9-17-13(19)12(14(17)20-15)16-11(18)8-10-6-4-3-5-7-10/h4-8,11-13,16H,9,19H2,1-3H3,(H,20,22);3-7,12,14H,8-9H2,1-2H3,(H,16,18)/t;12-,14-/m.1/s1. The molecule has 11 nitrogen and oxygen atoms in total. The summed E-state index contributed by atoms with van der Waals surface area (Å²) >= 11 is 3.28. The van der Waals surface area contributed by atoms with E-state index < -0.39 is 28.8 Å². The molecule has 2 aromatic rings. The van der Waals surface area contributed by atoms with Crippen LogP contribution in [0.15, 0.2) is 60.7 Å². The number of carbonyl (C=O) groups excluding carboxylic acids is 5. The average molecular weight is 668 g/mol. The fraction of sp³-hybridized carbons (Fsp3) is 0.485. The van der Waals surface area contributed by atoms with E-state index in [9.17, 15) is 24.0 Å². The summed E-state index contributed by atoms with van der Waals surface area (Å²) in [5, 5.41) is 5.56. The number of rotatable bonds is 8. The lowest BCUT2D eigenvalue weighted by atomic mass is 9.95. The van der Waals surface area contributed by atoms with Gasteiger partial charge in [0.1, 0.15) is 34.9 Å². The second kappa shape index (κ2) is 13.3. The predicted molar refractivity (Wildman–Crippen MR) is 177 cm³/mol. The molecule has 4 saturated heterocycles. The zero-order valence-corrected chi connectivity index (χ0v) is 28.2. The number of ether oxygens (including phenoxy) is 1. The average Bonchev–Trinajstić information content (AvgIpc) is 3.47. The van der Waals surface area contributed by atoms with Crippen molar-refractivity contribution in [3.05, 3.63) is 71.8 Å². The van der Waals surface area contributed by atoms with E-state index in [4.69, 9.17) is 10.5 Å². The number of hydrogen-bond donors (Lipinski definition) is 3. The Kier molecular flexibility index (Phi) is 9.76. The van der Waals surface area contributed by atoms with Crippen molar-refractivity contribution >= 4 is 53.1 Å². The summed E-state index contributed by atoms with van der Waals surface area (Å²) in [4.78, 5) is 64.7. The summed E-state index contributed by atoms with van der Waals surface area (Å²) < 4.78 is 4.43. The highest BCUT2D eigenvalue weighted by molar-refractivity contribution is 8.02. The number of nitrogens with one attached hydrogen (secondary N) is 2. The molecule has 0 aliphatic carbocycles. The minimum absolute atomic E-state index is 0.0505. The van der Waals surface area contributed by atoms with Crippen molar-refractivity contribution in [2.24, 2.45) is 5.73 Å². The molecule has 6 atom stereocenters. The van der Waals surface area contributed by atoms with Crippen LogP contribution >= 0.6 is 23.5 Å². The number of carbonyl (C=O) groups is 5. The maximum Gasteiger partial charge on any atom is 0.328 e. The Morgan fingerprint density at radius 3 is 2.15 bits per heavy atom. The molecular weight excluding hydrogens is 627 g/mol. The molecule has 0 bridgehead atoms. The van der Waals surface area contributed by atoms with Gasteiger partial charge in [-0.3, -0.25) is 19.2 Å². The number of β-lactam (4-membered cyclic amide) rings is 2.